The summed E-state index contributed by atoms with van der Waals surface area (Å²) in [6, 6.07) is 10.7. The number of benzene rings is 2. The number of hydrogen-bond donors (Lipinski definition) is 2. The molecule has 1 aliphatic heterocycles. The van der Waals surface area contributed by atoms with Crippen LogP contribution in [0, 0.1) is 5.82 Å². The molecule has 1 aliphatic rings. The van der Waals surface area contributed by atoms with E-state index in [1.807, 2.05) is 0 Å². The molecule has 1 fully saturated rings. The predicted molar refractivity (Wildman–Crippen MR) is 114 cm³/mol. The molecule has 3 aromatic rings. The van der Waals surface area contributed by atoms with Gasteiger partial charge >= 0.3 is 0 Å². The smallest absolute Gasteiger partial charge is 0.285 e. The van der Waals surface area contributed by atoms with Crippen molar-refractivity contribution < 1.29 is 35.8 Å². The number of aliphatic hydroxyl groups is 1. The molecule has 2 aromatic carbocycles. The van der Waals surface area contributed by atoms with Crippen LogP contribution in [0.15, 0.2) is 62.8 Å². The van der Waals surface area contributed by atoms with E-state index in [1.54, 1.807) is 12.1 Å². The van der Waals surface area contributed by atoms with Crippen LogP contribution >= 0.6 is 0 Å². The number of likely N-dealkylation sites (tertiary alicyclic amines) is 1. The molecule has 33 heavy (non-hydrogen) atoms. The van der Waals surface area contributed by atoms with Crippen molar-refractivity contribution >= 4 is 19.7 Å². The van der Waals surface area contributed by atoms with Crippen molar-refractivity contribution in [2.24, 2.45) is 0 Å². The molecule has 4 rings (SSSR count). The fourth-order valence-electron chi connectivity index (χ4n) is 3.92. The Morgan fingerprint density at radius 2 is 1.70 bits per heavy atom. The van der Waals surface area contributed by atoms with Crippen molar-refractivity contribution in [3.63, 3.8) is 0 Å². The first-order valence-corrected chi connectivity index (χ1v) is 13.7. The third kappa shape index (κ3) is 5.46. The van der Waals surface area contributed by atoms with Crippen LogP contribution in [0.4, 0.5) is 4.39 Å². The molecule has 12 heteroatoms. The van der Waals surface area contributed by atoms with Crippen molar-refractivity contribution in [1.29, 1.82) is 0 Å². The van der Waals surface area contributed by atoms with Crippen LogP contribution in [0.3, 0.4) is 0 Å². The van der Waals surface area contributed by atoms with E-state index in [1.165, 1.54) is 24.3 Å². The molecule has 2 heterocycles. The van der Waals surface area contributed by atoms with E-state index in [0.29, 0.717) is 19.5 Å². The molecule has 0 amide bonds. The van der Waals surface area contributed by atoms with Crippen LogP contribution in [-0.4, -0.2) is 51.0 Å². The zero-order chi connectivity index (χ0) is 23.8. The second-order valence-corrected chi connectivity index (χ2v) is 12.2. The van der Waals surface area contributed by atoms with Gasteiger partial charge in [-0.2, -0.15) is 4.98 Å². The zero-order valence-electron chi connectivity index (χ0n) is 17.7. The topological polar surface area (TPSA) is 132 Å². The molecular weight excluding hydrogens is 473 g/mol. The number of quaternary nitrogens is 1. The average Bonchev–Trinajstić information content (AvgIpc) is 3.33. The number of aromatic nitrogens is 2. The lowest BCUT2D eigenvalue weighted by Gasteiger charge is -2.18. The zero-order valence-corrected chi connectivity index (χ0v) is 19.3. The molecule has 0 spiro atoms. The molecule has 0 radical (unpaired) electrons. The van der Waals surface area contributed by atoms with Crippen molar-refractivity contribution in [3.8, 4) is 0 Å². The summed E-state index contributed by atoms with van der Waals surface area (Å²) in [5.74, 6) is -0.838. The largest absolute Gasteiger partial charge is 0.387 e. The number of nitrogens with zero attached hydrogens (tertiary/aromatic N) is 2. The Balaban J connectivity index is 1.49. The van der Waals surface area contributed by atoms with Crippen molar-refractivity contribution in [2.45, 2.75) is 40.7 Å². The predicted octanol–water partition coefficient (Wildman–Crippen LogP) is 0.477. The molecule has 2 N–H and O–H groups in total. The molecule has 1 saturated heterocycles. The van der Waals surface area contributed by atoms with Gasteiger partial charge in [0.25, 0.3) is 5.89 Å². The number of halogens is 1. The fourth-order valence-corrected chi connectivity index (χ4v) is 5.72. The van der Waals surface area contributed by atoms with Gasteiger partial charge in [0.05, 0.1) is 9.79 Å². The highest BCUT2D eigenvalue weighted by molar-refractivity contribution is 7.91. The van der Waals surface area contributed by atoms with Crippen molar-refractivity contribution in [3.05, 3.63) is 71.6 Å². The molecule has 176 valence electrons. The van der Waals surface area contributed by atoms with Gasteiger partial charge in [-0.1, -0.05) is 17.3 Å². The maximum atomic E-state index is 13.1. The summed E-state index contributed by atoms with van der Waals surface area (Å²) in [6.45, 7) is 0.904. The van der Waals surface area contributed by atoms with E-state index < -0.39 is 37.3 Å². The minimum atomic E-state index is -3.79. The lowest BCUT2D eigenvalue weighted by atomic mass is 10.1. The van der Waals surface area contributed by atoms with Gasteiger partial charge in [-0.15, -0.1) is 0 Å². The summed E-state index contributed by atoms with van der Waals surface area (Å²) >= 11 is 0. The van der Waals surface area contributed by atoms with Crippen LogP contribution in [-0.2, 0) is 32.0 Å². The normalized spacial score (nSPS) is 21.4. The van der Waals surface area contributed by atoms with Crippen LogP contribution in [0.25, 0.3) is 0 Å². The van der Waals surface area contributed by atoms with Gasteiger partial charge in [-0.3, -0.25) is 0 Å². The van der Waals surface area contributed by atoms with Gasteiger partial charge in [0, 0.05) is 18.2 Å². The minimum Gasteiger partial charge on any atom is -0.387 e. The molecule has 0 saturated carbocycles. The summed E-state index contributed by atoms with van der Waals surface area (Å²) in [5.41, 5.74) is 0.870. The van der Waals surface area contributed by atoms with Crippen LogP contribution in [0.2, 0.25) is 0 Å². The summed E-state index contributed by atoms with van der Waals surface area (Å²) in [6.07, 6.45) is 0.908. The number of hydrogen-bond acceptors (Lipinski definition) is 8. The fraction of sp³-hybridized carbons (Fsp3) is 0.333. The third-order valence-corrected chi connectivity index (χ3v) is 8.31. The second-order valence-electron chi connectivity index (χ2n) is 8.16. The Labute approximate surface area is 190 Å². The van der Waals surface area contributed by atoms with Gasteiger partial charge in [-0.25, -0.2) is 21.2 Å². The molecule has 3 unspecified atom stereocenters. The lowest BCUT2D eigenvalue weighted by molar-refractivity contribution is -0.934. The number of aliphatic hydroxyl groups excluding tert-OH is 1. The molecule has 0 bridgehead atoms. The maximum absolute atomic E-state index is 13.1. The van der Waals surface area contributed by atoms with E-state index in [0.717, 1.165) is 28.9 Å². The van der Waals surface area contributed by atoms with Crippen molar-refractivity contribution in [2.75, 3.05) is 12.8 Å². The lowest BCUT2D eigenvalue weighted by Crippen LogP contribution is -3.09. The first-order valence-electron chi connectivity index (χ1n) is 10.1. The van der Waals surface area contributed by atoms with E-state index in [9.17, 15) is 26.3 Å². The van der Waals surface area contributed by atoms with Gasteiger partial charge in [0.1, 0.15) is 30.8 Å². The second kappa shape index (κ2) is 8.93. The Morgan fingerprint density at radius 1 is 1.06 bits per heavy atom. The van der Waals surface area contributed by atoms with Gasteiger partial charge in [0.15, 0.2) is 31.5 Å². The van der Waals surface area contributed by atoms with E-state index in [-0.39, 0.29) is 27.5 Å². The molecular formula is C21H23FN3O6S2+. The Hall–Kier alpha value is -2.67. The Bertz CT molecular complexity index is 1340. The third-order valence-electron chi connectivity index (χ3n) is 5.55. The summed E-state index contributed by atoms with van der Waals surface area (Å²) in [5, 5.41) is 14.0. The van der Waals surface area contributed by atoms with Gasteiger partial charge < -0.3 is 14.5 Å². The molecule has 9 nitrogen and oxygen atoms in total. The van der Waals surface area contributed by atoms with Crippen molar-refractivity contribution in [1.82, 2.24) is 10.1 Å². The molecule has 3 atom stereocenters. The molecule has 0 aliphatic carbocycles. The number of rotatable bonds is 7. The first-order chi connectivity index (χ1) is 15.5. The monoisotopic (exact) mass is 496 g/mol. The SMILES string of the molecule is CS(=O)(=O)c1ccc(C[NH+]2CC(O)CC2c2nc(CS(=O)(=O)c3ccc(F)cc3)no2)cc1. The quantitative estimate of drug-likeness (QED) is 0.452. The molecule has 1 aromatic heterocycles. The average molecular weight is 497 g/mol. The Morgan fingerprint density at radius 3 is 2.33 bits per heavy atom. The Kier molecular flexibility index (Phi) is 6.36. The highest BCUT2D eigenvalue weighted by atomic mass is 32.2. The summed E-state index contributed by atoms with van der Waals surface area (Å²) in [4.78, 5) is 5.37. The highest BCUT2D eigenvalue weighted by Crippen LogP contribution is 2.21. The standard InChI is InChI=1S/C21H22FN3O6S2/c1-32(27,28)17-6-2-14(3-7-17)11-25-12-16(26)10-19(25)21-23-20(24-31-21)13-33(29,30)18-8-4-15(22)5-9-18/h2-9,16,19,26H,10-13H2,1H3/p+1. The minimum absolute atomic E-state index is 0.0208. The number of sulfone groups is 2. The highest BCUT2D eigenvalue weighted by Gasteiger charge is 2.40. The van der Waals surface area contributed by atoms with Crippen LogP contribution < -0.4 is 4.90 Å². The number of nitrogens with one attached hydrogen (secondary N) is 1. The van der Waals surface area contributed by atoms with Gasteiger partial charge in [-0.05, 0) is 36.4 Å². The van der Waals surface area contributed by atoms with E-state index in [4.69, 9.17) is 4.52 Å². The van der Waals surface area contributed by atoms with Crippen LogP contribution in [0.1, 0.15) is 29.7 Å². The van der Waals surface area contributed by atoms with E-state index in [2.05, 4.69) is 10.1 Å². The summed E-state index contributed by atoms with van der Waals surface area (Å²) in [7, 11) is -7.08. The van der Waals surface area contributed by atoms with Gasteiger partial charge in [0.2, 0.25) is 0 Å². The van der Waals surface area contributed by atoms with E-state index >= 15 is 0 Å². The maximum Gasteiger partial charge on any atom is 0.285 e. The first kappa shape index (κ1) is 23.5. The summed E-state index contributed by atoms with van der Waals surface area (Å²) < 4.78 is 66.9. The van der Waals surface area contributed by atoms with Crippen LogP contribution in [0.5, 0.6) is 0 Å².